The Balaban J connectivity index is 2.25. The number of aromatic nitrogens is 2. The molecule has 0 fully saturated rings. The minimum absolute atomic E-state index is 0.222. The summed E-state index contributed by atoms with van der Waals surface area (Å²) >= 11 is 1.49. The predicted octanol–water partition coefficient (Wildman–Crippen LogP) is 2.80. The Morgan fingerprint density at radius 2 is 2.47 bits per heavy atom. The number of nitrogens with zero attached hydrogens (tertiary/aromatic N) is 1. The second-order valence-electron chi connectivity index (χ2n) is 3.64. The van der Waals surface area contributed by atoms with Crippen molar-refractivity contribution < 1.29 is 9.53 Å². The van der Waals surface area contributed by atoms with Crippen LogP contribution in [0.2, 0.25) is 0 Å². The molecule has 0 radical (unpaired) electrons. The molecule has 90 valence electrons. The number of nitrogens with one attached hydrogen (secondary N) is 1. The fourth-order valence-electron chi connectivity index (χ4n) is 1.65. The average molecular weight is 250 g/mol. The first kappa shape index (κ1) is 11.9. The number of carbonyl (C=O) groups excluding carboxylic acids is 1. The standard InChI is InChI=1S/C12H14N2O2S/c1-3-8(12(15)16-2)11-14-10(7-17-11)9-5-4-6-13-9/h4-8,13H,3H2,1-2H3. The minimum Gasteiger partial charge on any atom is -0.468 e. The summed E-state index contributed by atoms with van der Waals surface area (Å²) < 4.78 is 4.78. The van der Waals surface area contributed by atoms with E-state index in [2.05, 4.69) is 9.97 Å². The van der Waals surface area contributed by atoms with Gasteiger partial charge in [0.25, 0.3) is 0 Å². The van der Waals surface area contributed by atoms with Crippen molar-refractivity contribution in [1.82, 2.24) is 9.97 Å². The quantitative estimate of drug-likeness (QED) is 0.849. The van der Waals surface area contributed by atoms with Gasteiger partial charge in [0.2, 0.25) is 0 Å². The predicted molar refractivity (Wildman–Crippen MR) is 66.9 cm³/mol. The van der Waals surface area contributed by atoms with E-state index >= 15 is 0 Å². The zero-order chi connectivity index (χ0) is 12.3. The van der Waals surface area contributed by atoms with Gasteiger partial charge in [-0.05, 0) is 18.6 Å². The van der Waals surface area contributed by atoms with Gasteiger partial charge in [-0.3, -0.25) is 4.79 Å². The molecular weight excluding hydrogens is 236 g/mol. The molecule has 2 aromatic rings. The number of rotatable bonds is 4. The van der Waals surface area contributed by atoms with E-state index in [1.165, 1.54) is 18.4 Å². The Hall–Kier alpha value is -1.62. The number of aromatic amines is 1. The molecule has 0 amide bonds. The van der Waals surface area contributed by atoms with Crippen molar-refractivity contribution >= 4 is 17.3 Å². The molecule has 2 heterocycles. The molecule has 0 spiro atoms. The smallest absolute Gasteiger partial charge is 0.315 e. The number of ether oxygens (including phenoxy) is 1. The Morgan fingerprint density at radius 1 is 1.65 bits per heavy atom. The maximum Gasteiger partial charge on any atom is 0.315 e. The van der Waals surface area contributed by atoms with Crippen molar-refractivity contribution in [3.63, 3.8) is 0 Å². The van der Waals surface area contributed by atoms with Crippen LogP contribution in [0.25, 0.3) is 11.4 Å². The van der Waals surface area contributed by atoms with Crippen LogP contribution >= 0.6 is 11.3 Å². The summed E-state index contributed by atoms with van der Waals surface area (Å²) in [5.41, 5.74) is 1.84. The molecule has 5 heteroatoms. The van der Waals surface area contributed by atoms with Gasteiger partial charge in [-0.1, -0.05) is 6.92 Å². The number of hydrogen-bond donors (Lipinski definition) is 1. The highest BCUT2D eigenvalue weighted by Crippen LogP contribution is 2.28. The zero-order valence-corrected chi connectivity index (χ0v) is 10.6. The van der Waals surface area contributed by atoms with Crippen LogP contribution in [-0.4, -0.2) is 23.0 Å². The molecule has 0 saturated carbocycles. The van der Waals surface area contributed by atoms with Crippen molar-refractivity contribution in [3.8, 4) is 11.4 Å². The van der Waals surface area contributed by atoms with Crippen LogP contribution in [0.3, 0.4) is 0 Å². The van der Waals surface area contributed by atoms with E-state index in [-0.39, 0.29) is 11.9 Å². The number of esters is 1. The average Bonchev–Trinajstić information content (AvgIpc) is 2.99. The number of carbonyl (C=O) groups is 1. The summed E-state index contributed by atoms with van der Waals surface area (Å²) in [6.45, 7) is 1.96. The lowest BCUT2D eigenvalue weighted by molar-refractivity contribution is -0.142. The van der Waals surface area contributed by atoms with Gasteiger partial charge < -0.3 is 9.72 Å². The summed E-state index contributed by atoms with van der Waals surface area (Å²) in [6, 6.07) is 3.88. The van der Waals surface area contributed by atoms with Gasteiger partial charge in [0, 0.05) is 11.6 Å². The molecule has 4 nitrogen and oxygen atoms in total. The molecular formula is C12H14N2O2S. The Bertz CT molecular complexity index is 490. The summed E-state index contributed by atoms with van der Waals surface area (Å²) in [6.07, 6.45) is 2.55. The minimum atomic E-state index is -0.256. The maximum absolute atomic E-state index is 11.6. The van der Waals surface area contributed by atoms with Crippen LogP contribution in [0, 0.1) is 0 Å². The van der Waals surface area contributed by atoms with Crippen molar-refractivity contribution in [2.24, 2.45) is 0 Å². The second-order valence-corrected chi connectivity index (χ2v) is 4.53. The first-order chi connectivity index (χ1) is 8.26. The van der Waals surface area contributed by atoms with E-state index in [4.69, 9.17) is 4.74 Å². The third-order valence-corrected chi connectivity index (χ3v) is 3.55. The highest BCUT2D eigenvalue weighted by Gasteiger charge is 2.22. The number of thiazole rings is 1. The monoisotopic (exact) mass is 250 g/mol. The lowest BCUT2D eigenvalue weighted by Crippen LogP contribution is -2.13. The maximum atomic E-state index is 11.6. The molecule has 0 saturated heterocycles. The van der Waals surface area contributed by atoms with Gasteiger partial charge in [0.05, 0.1) is 18.5 Å². The topological polar surface area (TPSA) is 55.0 Å². The largest absolute Gasteiger partial charge is 0.468 e. The van der Waals surface area contributed by atoms with E-state index in [9.17, 15) is 4.79 Å². The Morgan fingerprint density at radius 3 is 3.06 bits per heavy atom. The molecule has 0 aliphatic carbocycles. The molecule has 0 bridgehead atoms. The van der Waals surface area contributed by atoms with Crippen molar-refractivity contribution in [2.75, 3.05) is 7.11 Å². The second kappa shape index (κ2) is 5.14. The highest BCUT2D eigenvalue weighted by atomic mass is 32.1. The molecule has 1 atom stereocenters. The summed E-state index contributed by atoms with van der Waals surface area (Å²) in [4.78, 5) is 19.2. The molecule has 1 N–H and O–H groups in total. The summed E-state index contributed by atoms with van der Waals surface area (Å²) in [5, 5.41) is 2.76. The van der Waals surface area contributed by atoms with Crippen LogP contribution < -0.4 is 0 Å². The molecule has 2 rings (SSSR count). The highest BCUT2D eigenvalue weighted by molar-refractivity contribution is 7.10. The van der Waals surface area contributed by atoms with Crippen molar-refractivity contribution in [1.29, 1.82) is 0 Å². The van der Waals surface area contributed by atoms with Crippen LogP contribution in [0.5, 0.6) is 0 Å². The fourth-order valence-corrected chi connectivity index (χ4v) is 2.64. The van der Waals surface area contributed by atoms with Crippen molar-refractivity contribution in [2.45, 2.75) is 19.3 Å². The number of hydrogen-bond acceptors (Lipinski definition) is 4. The van der Waals surface area contributed by atoms with Crippen LogP contribution in [0.1, 0.15) is 24.3 Å². The number of H-pyrrole nitrogens is 1. The molecule has 0 aliphatic rings. The zero-order valence-electron chi connectivity index (χ0n) is 9.77. The third-order valence-electron chi connectivity index (χ3n) is 2.59. The first-order valence-electron chi connectivity index (χ1n) is 5.43. The molecule has 0 aromatic carbocycles. The van der Waals surface area contributed by atoms with Gasteiger partial charge in [-0.15, -0.1) is 11.3 Å². The van der Waals surface area contributed by atoms with E-state index in [0.717, 1.165) is 16.4 Å². The van der Waals surface area contributed by atoms with E-state index in [1.54, 1.807) is 0 Å². The SMILES string of the molecule is CCC(C(=O)OC)c1nc(-c2ccc[nH]2)cs1. The Labute approximate surface area is 104 Å². The normalized spacial score (nSPS) is 12.4. The molecule has 0 aliphatic heterocycles. The van der Waals surface area contributed by atoms with Crippen LogP contribution in [0.15, 0.2) is 23.7 Å². The van der Waals surface area contributed by atoms with Gasteiger partial charge in [-0.25, -0.2) is 4.98 Å². The lowest BCUT2D eigenvalue weighted by Gasteiger charge is -2.08. The van der Waals surface area contributed by atoms with E-state index in [1.807, 2.05) is 30.6 Å². The third kappa shape index (κ3) is 2.39. The van der Waals surface area contributed by atoms with Crippen LogP contribution in [0.4, 0.5) is 0 Å². The van der Waals surface area contributed by atoms with Gasteiger partial charge in [0.15, 0.2) is 0 Å². The van der Waals surface area contributed by atoms with Gasteiger partial charge in [-0.2, -0.15) is 0 Å². The summed E-state index contributed by atoms with van der Waals surface area (Å²) in [5.74, 6) is -0.478. The summed E-state index contributed by atoms with van der Waals surface area (Å²) in [7, 11) is 1.41. The molecule has 2 aromatic heterocycles. The first-order valence-corrected chi connectivity index (χ1v) is 6.31. The molecule has 17 heavy (non-hydrogen) atoms. The van der Waals surface area contributed by atoms with Crippen LogP contribution in [-0.2, 0) is 9.53 Å². The van der Waals surface area contributed by atoms with E-state index in [0.29, 0.717) is 6.42 Å². The van der Waals surface area contributed by atoms with E-state index < -0.39 is 0 Å². The van der Waals surface area contributed by atoms with Gasteiger partial charge in [0.1, 0.15) is 10.9 Å². The lowest BCUT2D eigenvalue weighted by atomic mass is 10.1. The van der Waals surface area contributed by atoms with Crippen molar-refractivity contribution in [3.05, 3.63) is 28.7 Å². The number of methoxy groups -OCH3 is 1. The fraction of sp³-hybridized carbons (Fsp3) is 0.333. The molecule has 1 unspecified atom stereocenters. The van der Waals surface area contributed by atoms with Gasteiger partial charge >= 0.3 is 5.97 Å². The Kier molecular flexibility index (Phi) is 3.58.